The van der Waals surface area contributed by atoms with Crippen LogP contribution in [0.3, 0.4) is 0 Å². The molecular formula is C12H16O2. The Balaban J connectivity index is 2.38. The van der Waals surface area contributed by atoms with Gasteiger partial charge in [-0.2, -0.15) is 0 Å². The summed E-state index contributed by atoms with van der Waals surface area (Å²) < 4.78 is 10.7. The highest BCUT2D eigenvalue weighted by molar-refractivity contribution is 5.49. The first-order valence-corrected chi connectivity index (χ1v) is 4.98. The summed E-state index contributed by atoms with van der Waals surface area (Å²) in [6.07, 6.45) is 1.27. The van der Waals surface area contributed by atoms with Crippen LogP contribution in [0.25, 0.3) is 0 Å². The summed E-state index contributed by atoms with van der Waals surface area (Å²) in [6.45, 7) is 2.27. The summed E-state index contributed by atoms with van der Waals surface area (Å²) in [5.74, 6) is 3.20. The molecule has 1 aromatic rings. The van der Waals surface area contributed by atoms with E-state index in [2.05, 4.69) is 13.0 Å². The molecule has 0 heterocycles. The van der Waals surface area contributed by atoms with E-state index in [1.807, 2.05) is 12.1 Å². The minimum Gasteiger partial charge on any atom is -0.493 e. The van der Waals surface area contributed by atoms with E-state index in [1.54, 1.807) is 14.2 Å². The summed E-state index contributed by atoms with van der Waals surface area (Å²) in [6, 6.07) is 6.10. The molecule has 2 atom stereocenters. The Morgan fingerprint density at radius 1 is 1.21 bits per heavy atom. The van der Waals surface area contributed by atoms with Gasteiger partial charge in [0, 0.05) is 5.56 Å². The van der Waals surface area contributed by atoms with Crippen LogP contribution >= 0.6 is 0 Å². The predicted molar refractivity (Wildman–Crippen MR) is 56.1 cm³/mol. The maximum absolute atomic E-state index is 5.39. The third kappa shape index (κ3) is 1.45. The minimum atomic E-state index is 0.667. The maximum Gasteiger partial charge on any atom is 0.164 e. The van der Waals surface area contributed by atoms with Crippen molar-refractivity contribution in [3.8, 4) is 11.5 Å². The van der Waals surface area contributed by atoms with E-state index in [1.165, 1.54) is 12.0 Å². The molecule has 0 saturated heterocycles. The van der Waals surface area contributed by atoms with Crippen molar-refractivity contribution >= 4 is 0 Å². The Morgan fingerprint density at radius 2 is 1.93 bits per heavy atom. The molecule has 2 heteroatoms. The van der Waals surface area contributed by atoms with E-state index in [0.717, 1.165) is 17.4 Å². The van der Waals surface area contributed by atoms with E-state index in [9.17, 15) is 0 Å². The highest BCUT2D eigenvalue weighted by Gasteiger charge is 2.36. The Morgan fingerprint density at radius 3 is 2.43 bits per heavy atom. The average molecular weight is 192 g/mol. The summed E-state index contributed by atoms with van der Waals surface area (Å²) in [4.78, 5) is 0. The number of methoxy groups -OCH3 is 2. The SMILES string of the molecule is COc1cccc(C2CC2C)c1OC. The van der Waals surface area contributed by atoms with Gasteiger partial charge in [-0.05, 0) is 24.3 Å². The van der Waals surface area contributed by atoms with E-state index in [-0.39, 0.29) is 0 Å². The molecular weight excluding hydrogens is 176 g/mol. The third-order valence-electron chi connectivity index (χ3n) is 2.94. The van der Waals surface area contributed by atoms with Gasteiger partial charge < -0.3 is 9.47 Å². The lowest BCUT2D eigenvalue weighted by Gasteiger charge is -2.11. The van der Waals surface area contributed by atoms with Gasteiger partial charge in [0.05, 0.1) is 14.2 Å². The Kier molecular flexibility index (Phi) is 2.36. The lowest BCUT2D eigenvalue weighted by molar-refractivity contribution is 0.351. The van der Waals surface area contributed by atoms with Crippen molar-refractivity contribution in [2.75, 3.05) is 14.2 Å². The van der Waals surface area contributed by atoms with Crippen LogP contribution in [0, 0.1) is 5.92 Å². The van der Waals surface area contributed by atoms with Gasteiger partial charge in [0.2, 0.25) is 0 Å². The van der Waals surface area contributed by atoms with Gasteiger partial charge in [-0.25, -0.2) is 0 Å². The first-order chi connectivity index (χ1) is 6.77. The molecule has 0 N–H and O–H groups in total. The van der Waals surface area contributed by atoms with Crippen molar-refractivity contribution in [1.29, 1.82) is 0 Å². The molecule has 0 amide bonds. The smallest absolute Gasteiger partial charge is 0.164 e. The molecule has 1 fully saturated rings. The first kappa shape index (κ1) is 9.38. The Bertz CT molecular complexity index is 333. The third-order valence-corrected chi connectivity index (χ3v) is 2.94. The van der Waals surface area contributed by atoms with Crippen LogP contribution in [0.2, 0.25) is 0 Å². The van der Waals surface area contributed by atoms with Crippen molar-refractivity contribution < 1.29 is 9.47 Å². The molecule has 2 rings (SSSR count). The molecule has 0 spiro atoms. The summed E-state index contributed by atoms with van der Waals surface area (Å²) >= 11 is 0. The number of hydrogen-bond acceptors (Lipinski definition) is 2. The predicted octanol–water partition coefficient (Wildman–Crippen LogP) is 2.83. The van der Waals surface area contributed by atoms with Crippen LogP contribution in [-0.4, -0.2) is 14.2 Å². The molecule has 2 unspecified atom stereocenters. The standard InChI is InChI=1S/C12H16O2/c1-8-7-10(8)9-5-4-6-11(13-2)12(9)14-3/h4-6,8,10H,7H2,1-3H3. The van der Waals surface area contributed by atoms with E-state index < -0.39 is 0 Å². The van der Waals surface area contributed by atoms with Gasteiger partial charge >= 0.3 is 0 Å². The number of benzene rings is 1. The van der Waals surface area contributed by atoms with Gasteiger partial charge in [0.25, 0.3) is 0 Å². The molecule has 0 aliphatic heterocycles. The molecule has 14 heavy (non-hydrogen) atoms. The van der Waals surface area contributed by atoms with Crippen molar-refractivity contribution in [1.82, 2.24) is 0 Å². The molecule has 0 aromatic heterocycles. The van der Waals surface area contributed by atoms with E-state index in [4.69, 9.17) is 9.47 Å². The van der Waals surface area contributed by atoms with Crippen molar-refractivity contribution in [3.05, 3.63) is 23.8 Å². The van der Waals surface area contributed by atoms with Gasteiger partial charge in [-0.1, -0.05) is 19.1 Å². The highest BCUT2D eigenvalue weighted by Crippen LogP contribution is 2.51. The maximum atomic E-state index is 5.39. The van der Waals surface area contributed by atoms with E-state index >= 15 is 0 Å². The van der Waals surface area contributed by atoms with Crippen LogP contribution < -0.4 is 9.47 Å². The second-order valence-corrected chi connectivity index (χ2v) is 3.90. The molecule has 1 aliphatic rings. The number of hydrogen-bond donors (Lipinski definition) is 0. The van der Waals surface area contributed by atoms with Crippen LogP contribution in [0.15, 0.2) is 18.2 Å². The van der Waals surface area contributed by atoms with Crippen LogP contribution in [-0.2, 0) is 0 Å². The fourth-order valence-electron chi connectivity index (χ4n) is 1.96. The largest absolute Gasteiger partial charge is 0.493 e. The summed E-state index contributed by atoms with van der Waals surface area (Å²) in [5.41, 5.74) is 1.29. The average Bonchev–Trinajstić information content (AvgIpc) is 2.94. The molecule has 0 bridgehead atoms. The van der Waals surface area contributed by atoms with Crippen molar-refractivity contribution in [3.63, 3.8) is 0 Å². The first-order valence-electron chi connectivity index (χ1n) is 4.98. The molecule has 0 radical (unpaired) electrons. The summed E-state index contributed by atoms with van der Waals surface area (Å²) in [7, 11) is 3.38. The molecule has 1 aromatic carbocycles. The zero-order valence-electron chi connectivity index (χ0n) is 8.91. The van der Waals surface area contributed by atoms with Crippen LogP contribution in [0.4, 0.5) is 0 Å². The zero-order valence-corrected chi connectivity index (χ0v) is 8.91. The van der Waals surface area contributed by atoms with E-state index in [0.29, 0.717) is 5.92 Å². The zero-order chi connectivity index (χ0) is 10.1. The number of ether oxygens (including phenoxy) is 2. The number of rotatable bonds is 3. The second-order valence-electron chi connectivity index (χ2n) is 3.90. The van der Waals surface area contributed by atoms with Crippen LogP contribution in [0.5, 0.6) is 11.5 Å². The van der Waals surface area contributed by atoms with Gasteiger partial charge in [-0.15, -0.1) is 0 Å². The normalized spacial score (nSPS) is 24.5. The monoisotopic (exact) mass is 192 g/mol. The number of para-hydroxylation sites is 1. The van der Waals surface area contributed by atoms with Gasteiger partial charge in [-0.3, -0.25) is 0 Å². The molecule has 1 aliphatic carbocycles. The van der Waals surface area contributed by atoms with Crippen molar-refractivity contribution in [2.24, 2.45) is 5.92 Å². The lowest BCUT2D eigenvalue weighted by atomic mass is 10.1. The second kappa shape index (κ2) is 3.52. The van der Waals surface area contributed by atoms with Gasteiger partial charge in [0.1, 0.15) is 0 Å². The fraction of sp³-hybridized carbons (Fsp3) is 0.500. The Hall–Kier alpha value is -1.18. The van der Waals surface area contributed by atoms with Crippen molar-refractivity contribution in [2.45, 2.75) is 19.3 Å². The topological polar surface area (TPSA) is 18.5 Å². The quantitative estimate of drug-likeness (QED) is 0.733. The van der Waals surface area contributed by atoms with Gasteiger partial charge in [0.15, 0.2) is 11.5 Å². The highest BCUT2D eigenvalue weighted by atomic mass is 16.5. The lowest BCUT2D eigenvalue weighted by Crippen LogP contribution is -1.95. The molecule has 76 valence electrons. The van der Waals surface area contributed by atoms with Crippen LogP contribution in [0.1, 0.15) is 24.8 Å². The fourth-order valence-corrected chi connectivity index (χ4v) is 1.96. The summed E-state index contributed by atoms with van der Waals surface area (Å²) in [5, 5.41) is 0. The molecule has 2 nitrogen and oxygen atoms in total. The molecule has 1 saturated carbocycles. The Labute approximate surface area is 84.8 Å². The minimum absolute atomic E-state index is 0.667.